The van der Waals surface area contributed by atoms with Crippen LogP contribution in [0.2, 0.25) is 0 Å². The van der Waals surface area contributed by atoms with Gasteiger partial charge in [-0.2, -0.15) is 14.9 Å². The van der Waals surface area contributed by atoms with Crippen LogP contribution in [0.15, 0.2) is 29.4 Å². The molecule has 0 fully saturated rings. The summed E-state index contributed by atoms with van der Waals surface area (Å²) in [7, 11) is 0. The Kier molecular flexibility index (Phi) is 3.96. The fourth-order valence-electron chi connectivity index (χ4n) is 2.45. The quantitative estimate of drug-likeness (QED) is 0.593. The van der Waals surface area contributed by atoms with E-state index in [1.54, 1.807) is 15.6 Å². The summed E-state index contributed by atoms with van der Waals surface area (Å²) in [6.45, 7) is 8.04. The summed E-state index contributed by atoms with van der Waals surface area (Å²) >= 11 is 5.28. The standard InChI is InChI=1S/C16H18N6S/c1-10-5-6-14(11(2)7-10)9-17-22-15(18-19-16(22)23)21-13(4)8-12(3)20-21/h5-9H,1-4H3,(H,19,23)/b17-9-. The molecule has 0 aliphatic rings. The van der Waals surface area contributed by atoms with Gasteiger partial charge < -0.3 is 0 Å². The van der Waals surface area contributed by atoms with Gasteiger partial charge in [0, 0.05) is 5.69 Å². The van der Waals surface area contributed by atoms with E-state index in [1.165, 1.54) is 5.56 Å². The molecule has 0 amide bonds. The molecule has 0 radical (unpaired) electrons. The number of aromatic nitrogens is 5. The van der Waals surface area contributed by atoms with Crippen molar-refractivity contribution in [2.45, 2.75) is 27.7 Å². The molecule has 1 aromatic carbocycles. The first-order chi connectivity index (χ1) is 11.0. The molecule has 0 saturated heterocycles. The van der Waals surface area contributed by atoms with E-state index >= 15 is 0 Å². The van der Waals surface area contributed by atoms with Gasteiger partial charge in [0.25, 0.3) is 5.95 Å². The van der Waals surface area contributed by atoms with E-state index in [1.807, 2.05) is 26.0 Å². The second kappa shape index (κ2) is 5.92. The van der Waals surface area contributed by atoms with Crippen molar-refractivity contribution >= 4 is 18.4 Å². The van der Waals surface area contributed by atoms with Crippen molar-refractivity contribution in [1.82, 2.24) is 24.7 Å². The Labute approximate surface area is 139 Å². The van der Waals surface area contributed by atoms with Crippen molar-refractivity contribution in [1.29, 1.82) is 0 Å². The van der Waals surface area contributed by atoms with Gasteiger partial charge in [0.1, 0.15) is 0 Å². The highest BCUT2D eigenvalue weighted by molar-refractivity contribution is 7.71. The van der Waals surface area contributed by atoms with Gasteiger partial charge in [-0.1, -0.05) is 23.8 Å². The molecular formula is C16H18N6S. The van der Waals surface area contributed by atoms with Crippen molar-refractivity contribution < 1.29 is 0 Å². The number of H-pyrrole nitrogens is 1. The first-order valence-electron chi connectivity index (χ1n) is 7.28. The van der Waals surface area contributed by atoms with Crippen molar-refractivity contribution in [3.05, 3.63) is 57.1 Å². The predicted molar refractivity (Wildman–Crippen MR) is 92.9 cm³/mol. The minimum absolute atomic E-state index is 0.425. The second-order valence-corrected chi connectivity index (χ2v) is 5.97. The zero-order valence-corrected chi connectivity index (χ0v) is 14.3. The molecule has 0 saturated carbocycles. The maximum Gasteiger partial charge on any atom is 0.271 e. The minimum atomic E-state index is 0.425. The Morgan fingerprint density at radius 2 is 1.96 bits per heavy atom. The molecule has 0 unspecified atom stereocenters. The molecule has 0 aliphatic heterocycles. The third kappa shape index (κ3) is 3.00. The molecule has 7 heteroatoms. The van der Waals surface area contributed by atoms with Gasteiger partial charge >= 0.3 is 0 Å². The maximum atomic E-state index is 5.28. The SMILES string of the molecule is Cc1ccc(/C=N\n2c(-n3nc(C)cc3C)n[nH]c2=S)c(C)c1. The number of aryl methyl sites for hydroxylation is 4. The summed E-state index contributed by atoms with van der Waals surface area (Å²) in [4.78, 5) is 0. The van der Waals surface area contributed by atoms with E-state index < -0.39 is 0 Å². The van der Waals surface area contributed by atoms with Crippen LogP contribution >= 0.6 is 12.2 Å². The Hall–Kier alpha value is -2.54. The summed E-state index contributed by atoms with van der Waals surface area (Å²) in [5.74, 6) is 0.543. The predicted octanol–water partition coefficient (Wildman–Crippen LogP) is 3.24. The lowest BCUT2D eigenvalue weighted by molar-refractivity contribution is 0.714. The van der Waals surface area contributed by atoms with Gasteiger partial charge in [0.2, 0.25) is 4.77 Å². The van der Waals surface area contributed by atoms with Crippen LogP contribution in [0, 0.1) is 32.5 Å². The highest BCUT2D eigenvalue weighted by Gasteiger charge is 2.11. The first-order valence-corrected chi connectivity index (χ1v) is 7.69. The van der Waals surface area contributed by atoms with Gasteiger partial charge in [-0.3, -0.25) is 0 Å². The van der Waals surface area contributed by atoms with E-state index in [9.17, 15) is 0 Å². The van der Waals surface area contributed by atoms with Gasteiger partial charge in [-0.15, -0.1) is 5.10 Å². The molecular weight excluding hydrogens is 308 g/mol. The molecule has 23 heavy (non-hydrogen) atoms. The molecule has 0 bridgehead atoms. The fourth-order valence-corrected chi connectivity index (χ4v) is 2.62. The van der Waals surface area contributed by atoms with Gasteiger partial charge in [0.05, 0.1) is 11.9 Å². The third-order valence-corrected chi connectivity index (χ3v) is 3.83. The monoisotopic (exact) mass is 326 g/mol. The van der Waals surface area contributed by atoms with Crippen LogP contribution in [0.3, 0.4) is 0 Å². The van der Waals surface area contributed by atoms with Gasteiger partial charge in [0.15, 0.2) is 0 Å². The van der Waals surface area contributed by atoms with Gasteiger partial charge in [-0.05, 0) is 57.1 Å². The smallest absolute Gasteiger partial charge is 0.248 e. The van der Waals surface area contributed by atoms with E-state index in [2.05, 4.69) is 46.4 Å². The highest BCUT2D eigenvalue weighted by Crippen LogP contribution is 2.12. The molecule has 3 aromatic rings. The number of aromatic amines is 1. The molecule has 0 aliphatic carbocycles. The van der Waals surface area contributed by atoms with Gasteiger partial charge in [-0.25, -0.2) is 9.78 Å². The molecule has 6 nitrogen and oxygen atoms in total. The van der Waals surface area contributed by atoms with Crippen molar-refractivity contribution in [3.63, 3.8) is 0 Å². The van der Waals surface area contributed by atoms with Crippen LogP contribution in [0.1, 0.15) is 28.1 Å². The number of benzene rings is 1. The van der Waals surface area contributed by atoms with Crippen LogP contribution in [0.4, 0.5) is 0 Å². The summed E-state index contributed by atoms with van der Waals surface area (Å²) in [6.07, 6.45) is 1.79. The summed E-state index contributed by atoms with van der Waals surface area (Å²) < 4.78 is 3.73. The van der Waals surface area contributed by atoms with E-state index in [-0.39, 0.29) is 0 Å². The molecule has 118 valence electrons. The topological polar surface area (TPSA) is 63.8 Å². The molecule has 3 rings (SSSR count). The summed E-state index contributed by atoms with van der Waals surface area (Å²) in [6, 6.07) is 8.21. The average molecular weight is 326 g/mol. The Balaban J connectivity index is 2.04. The summed E-state index contributed by atoms with van der Waals surface area (Å²) in [5, 5.41) is 15.9. The largest absolute Gasteiger partial charge is 0.271 e. The van der Waals surface area contributed by atoms with Crippen LogP contribution in [-0.2, 0) is 0 Å². The number of hydrogen-bond acceptors (Lipinski definition) is 4. The lowest BCUT2D eigenvalue weighted by atomic mass is 10.1. The number of rotatable bonds is 3. The maximum absolute atomic E-state index is 5.28. The zero-order valence-electron chi connectivity index (χ0n) is 13.5. The van der Waals surface area contributed by atoms with Crippen molar-refractivity contribution in [2.75, 3.05) is 0 Å². The second-order valence-electron chi connectivity index (χ2n) is 5.58. The first kappa shape index (κ1) is 15.4. The number of nitrogens with zero attached hydrogens (tertiary/aromatic N) is 5. The average Bonchev–Trinajstić information content (AvgIpc) is 3.00. The van der Waals surface area contributed by atoms with Crippen LogP contribution in [0.25, 0.3) is 5.95 Å². The number of nitrogens with one attached hydrogen (secondary N) is 1. The van der Waals surface area contributed by atoms with Crippen LogP contribution < -0.4 is 0 Å². The highest BCUT2D eigenvalue weighted by atomic mass is 32.1. The molecule has 2 aromatic heterocycles. The van der Waals surface area contributed by atoms with Crippen LogP contribution in [-0.4, -0.2) is 30.9 Å². The third-order valence-electron chi connectivity index (χ3n) is 3.57. The molecule has 2 heterocycles. The van der Waals surface area contributed by atoms with E-state index in [0.29, 0.717) is 10.7 Å². The molecule has 0 spiro atoms. The van der Waals surface area contributed by atoms with Crippen LogP contribution in [0.5, 0.6) is 0 Å². The zero-order chi connectivity index (χ0) is 16.6. The Bertz CT molecular complexity index is 944. The number of hydrogen-bond donors (Lipinski definition) is 1. The normalized spacial score (nSPS) is 11.5. The lowest BCUT2D eigenvalue weighted by Gasteiger charge is -2.04. The summed E-state index contributed by atoms with van der Waals surface area (Å²) in [5.41, 5.74) is 5.32. The fraction of sp³-hybridized carbons (Fsp3) is 0.250. The molecule has 1 N–H and O–H groups in total. The van der Waals surface area contributed by atoms with E-state index in [0.717, 1.165) is 22.5 Å². The van der Waals surface area contributed by atoms with Crippen molar-refractivity contribution in [2.24, 2.45) is 5.10 Å². The van der Waals surface area contributed by atoms with E-state index in [4.69, 9.17) is 12.2 Å². The Morgan fingerprint density at radius 1 is 1.17 bits per heavy atom. The Morgan fingerprint density at radius 3 is 2.61 bits per heavy atom. The minimum Gasteiger partial charge on any atom is -0.248 e. The molecule has 0 atom stereocenters. The van der Waals surface area contributed by atoms with Crippen molar-refractivity contribution in [3.8, 4) is 5.95 Å². The lowest BCUT2D eigenvalue weighted by Crippen LogP contribution is -2.07.